The third-order valence-electron chi connectivity index (χ3n) is 3.35. The Morgan fingerprint density at radius 2 is 1.64 bits per heavy atom. The lowest BCUT2D eigenvalue weighted by Gasteiger charge is -2.02. The van der Waals surface area contributed by atoms with Crippen LogP contribution in [0.15, 0.2) is 60.7 Å². The molecule has 0 unspecified atom stereocenters. The van der Waals surface area contributed by atoms with Crippen LogP contribution in [0.2, 0.25) is 0 Å². The molecule has 22 heavy (non-hydrogen) atoms. The van der Waals surface area contributed by atoms with Gasteiger partial charge in [-0.3, -0.25) is 10.1 Å². The zero-order chi connectivity index (χ0) is 14.9. The highest BCUT2D eigenvalue weighted by Gasteiger charge is 2.11. The van der Waals surface area contributed by atoms with Gasteiger partial charge in [-0.15, -0.1) is 0 Å². The van der Waals surface area contributed by atoms with Gasteiger partial charge in [0.15, 0.2) is 5.13 Å². The van der Waals surface area contributed by atoms with Gasteiger partial charge < -0.3 is 0 Å². The Labute approximate surface area is 130 Å². The number of carbonyl (C=O) groups is 1. The van der Waals surface area contributed by atoms with Crippen LogP contribution in [0.4, 0.5) is 5.13 Å². The van der Waals surface area contributed by atoms with Crippen LogP contribution >= 0.6 is 11.3 Å². The molecule has 4 aromatic rings. The lowest BCUT2D eigenvalue weighted by molar-refractivity contribution is 0.102. The van der Waals surface area contributed by atoms with Gasteiger partial charge in [0.05, 0.1) is 15.7 Å². The topological polar surface area (TPSA) is 54.9 Å². The molecular formula is C17H11N3OS. The molecule has 0 aliphatic carbocycles. The monoisotopic (exact) mass is 305 g/mol. The number of benzene rings is 2. The van der Waals surface area contributed by atoms with Gasteiger partial charge in [0, 0.05) is 5.39 Å². The van der Waals surface area contributed by atoms with Crippen LogP contribution in [0.1, 0.15) is 10.5 Å². The van der Waals surface area contributed by atoms with Crippen molar-refractivity contribution in [1.82, 2.24) is 9.97 Å². The van der Waals surface area contributed by atoms with E-state index in [-0.39, 0.29) is 5.91 Å². The number of nitrogens with zero attached hydrogens (tertiary/aromatic N) is 2. The van der Waals surface area contributed by atoms with E-state index in [1.165, 1.54) is 11.3 Å². The molecule has 0 saturated heterocycles. The van der Waals surface area contributed by atoms with Crippen LogP contribution in [0.3, 0.4) is 0 Å². The van der Waals surface area contributed by atoms with Gasteiger partial charge in [-0.1, -0.05) is 47.7 Å². The molecule has 2 aromatic carbocycles. The first-order chi connectivity index (χ1) is 10.8. The maximum atomic E-state index is 12.3. The van der Waals surface area contributed by atoms with Crippen molar-refractivity contribution in [2.75, 3.05) is 5.32 Å². The predicted molar refractivity (Wildman–Crippen MR) is 89.3 cm³/mol. The van der Waals surface area contributed by atoms with E-state index >= 15 is 0 Å². The van der Waals surface area contributed by atoms with Gasteiger partial charge in [-0.2, -0.15) is 0 Å². The maximum absolute atomic E-state index is 12.3. The van der Waals surface area contributed by atoms with E-state index in [9.17, 15) is 4.79 Å². The van der Waals surface area contributed by atoms with Crippen LogP contribution in [-0.4, -0.2) is 15.9 Å². The minimum absolute atomic E-state index is 0.246. The molecule has 0 aliphatic heterocycles. The van der Waals surface area contributed by atoms with Crippen molar-refractivity contribution in [3.05, 3.63) is 66.4 Å². The first kappa shape index (κ1) is 12.9. The molecule has 0 saturated carbocycles. The second kappa shape index (κ2) is 5.20. The van der Waals surface area contributed by atoms with Crippen molar-refractivity contribution in [3.63, 3.8) is 0 Å². The van der Waals surface area contributed by atoms with Gasteiger partial charge in [-0.25, -0.2) is 9.97 Å². The number of hydrogen-bond acceptors (Lipinski definition) is 4. The third kappa shape index (κ3) is 2.31. The Balaban J connectivity index is 1.65. The number of thiazole rings is 1. The van der Waals surface area contributed by atoms with E-state index in [2.05, 4.69) is 15.3 Å². The molecule has 0 radical (unpaired) electrons. The Morgan fingerprint density at radius 3 is 2.50 bits per heavy atom. The first-order valence-electron chi connectivity index (χ1n) is 6.82. The van der Waals surface area contributed by atoms with Crippen LogP contribution in [0.25, 0.3) is 21.1 Å². The molecule has 0 atom stereocenters. The molecule has 1 amide bonds. The smallest absolute Gasteiger partial charge is 0.276 e. The summed E-state index contributed by atoms with van der Waals surface area (Å²) in [5, 5.41) is 4.42. The zero-order valence-corrected chi connectivity index (χ0v) is 12.3. The Bertz CT molecular complexity index is 960. The summed E-state index contributed by atoms with van der Waals surface area (Å²) in [5.74, 6) is -0.246. The van der Waals surface area contributed by atoms with E-state index in [1.54, 1.807) is 6.07 Å². The molecule has 0 spiro atoms. The minimum atomic E-state index is -0.246. The van der Waals surface area contributed by atoms with E-state index in [0.29, 0.717) is 10.8 Å². The number of amides is 1. The second-order valence-corrected chi connectivity index (χ2v) is 5.86. The van der Waals surface area contributed by atoms with Crippen molar-refractivity contribution < 1.29 is 4.79 Å². The SMILES string of the molecule is O=C(Nc1nc2ccccc2s1)c1ccc2ccccc2n1. The summed E-state index contributed by atoms with van der Waals surface area (Å²) in [4.78, 5) is 21.1. The third-order valence-corrected chi connectivity index (χ3v) is 4.30. The molecule has 5 heteroatoms. The number of para-hydroxylation sites is 2. The van der Waals surface area contributed by atoms with Crippen molar-refractivity contribution in [2.45, 2.75) is 0 Å². The van der Waals surface area contributed by atoms with Gasteiger partial charge in [0.1, 0.15) is 5.69 Å². The number of rotatable bonds is 2. The number of carbonyl (C=O) groups excluding carboxylic acids is 1. The highest BCUT2D eigenvalue weighted by Crippen LogP contribution is 2.25. The number of anilines is 1. The quantitative estimate of drug-likeness (QED) is 0.606. The molecule has 0 bridgehead atoms. The summed E-state index contributed by atoms with van der Waals surface area (Å²) in [6.07, 6.45) is 0. The zero-order valence-electron chi connectivity index (χ0n) is 11.5. The van der Waals surface area contributed by atoms with Crippen molar-refractivity contribution in [2.24, 2.45) is 0 Å². The van der Waals surface area contributed by atoms with E-state index in [4.69, 9.17) is 0 Å². The summed E-state index contributed by atoms with van der Waals surface area (Å²) in [6, 6.07) is 19.1. The lowest BCUT2D eigenvalue weighted by atomic mass is 10.2. The molecule has 4 nitrogen and oxygen atoms in total. The second-order valence-electron chi connectivity index (χ2n) is 4.83. The highest BCUT2D eigenvalue weighted by atomic mass is 32.1. The van der Waals surface area contributed by atoms with Crippen LogP contribution in [0.5, 0.6) is 0 Å². The fourth-order valence-corrected chi connectivity index (χ4v) is 3.14. The van der Waals surface area contributed by atoms with Gasteiger partial charge in [0.2, 0.25) is 0 Å². The number of fused-ring (bicyclic) bond motifs is 2. The molecule has 106 valence electrons. The van der Waals surface area contributed by atoms with Crippen LogP contribution in [0, 0.1) is 0 Å². The van der Waals surface area contributed by atoms with Gasteiger partial charge in [-0.05, 0) is 24.3 Å². The van der Waals surface area contributed by atoms with E-state index < -0.39 is 0 Å². The van der Waals surface area contributed by atoms with Crippen molar-refractivity contribution >= 4 is 43.5 Å². The summed E-state index contributed by atoms with van der Waals surface area (Å²) < 4.78 is 1.05. The average molecular weight is 305 g/mol. The Morgan fingerprint density at radius 1 is 0.864 bits per heavy atom. The standard InChI is InChI=1S/C17H11N3OS/c21-16(14-10-9-11-5-1-2-6-12(11)18-14)20-17-19-13-7-3-4-8-15(13)22-17/h1-10H,(H,19,20,21). The maximum Gasteiger partial charge on any atom is 0.276 e. The molecule has 2 heterocycles. The summed E-state index contributed by atoms with van der Waals surface area (Å²) in [5.41, 5.74) is 2.08. The first-order valence-corrected chi connectivity index (χ1v) is 7.64. The van der Waals surface area contributed by atoms with Crippen LogP contribution in [-0.2, 0) is 0 Å². The number of nitrogens with one attached hydrogen (secondary N) is 1. The fraction of sp³-hybridized carbons (Fsp3) is 0. The molecule has 0 fully saturated rings. The number of aromatic nitrogens is 2. The molecule has 4 rings (SSSR count). The minimum Gasteiger partial charge on any atom is -0.296 e. The molecule has 0 aliphatic rings. The number of hydrogen-bond donors (Lipinski definition) is 1. The Hall–Kier alpha value is -2.79. The normalized spacial score (nSPS) is 10.9. The lowest BCUT2D eigenvalue weighted by Crippen LogP contribution is -2.13. The number of pyridine rings is 1. The summed E-state index contributed by atoms with van der Waals surface area (Å²) in [6.45, 7) is 0. The summed E-state index contributed by atoms with van der Waals surface area (Å²) >= 11 is 1.45. The fourth-order valence-electron chi connectivity index (χ4n) is 2.28. The average Bonchev–Trinajstić information content (AvgIpc) is 2.96. The molecular weight excluding hydrogens is 294 g/mol. The Kier molecular flexibility index (Phi) is 3.05. The van der Waals surface area contributed by atoms with Crippen molar-refractivity contribution in [1.29, 1.82) is 0 Å². The molecule has 2 aromatic heterocycles. The highest BCUT2D eigenvalue weighted by molar-refractivity contribution is 7.22. The van der Waals surface area contributed by atoms with E-state index in [1.807, 2.05) is 54.6 Å². The molecule has 1 N–H and O–H groups in total. The summed E-state index contributed by atoms with van der Waals surface area (Å²) in [7, 11) is 0. The van der Waals surface area contributed by atoms with E-state index in [0.717, 1.165) is 21.1 Å². The van der Waals surface area contributed by atoms with Crippen LogP contribution < -0.4 is 5.32 Å². The predicted octanol–water partition coefficient (Wildman–Crippen LogP) is 4.10. The largest absolute Gasteiger partial charge is 0.296 e. The van der Waals surface area contributed by atoms with Gasteiger partial charge in [0.25, 0.3) is 5.91 Å². The van der Waals surface area contributed by atoms with Gasteiger partial charge >= 0.3 is 0 Å². The van der Waals surface area contributed by atoms with Crippen molar-refractivity contribution in [3.8, 4) is 0 Å².